The lowest BCUT2D eigenvalue weighted by atomic mass is 9.61. The zero-order valence-corrected chi connectivity index (χ0v) is 27.0. The van der Waals surface area contributed by atoms with Gasteiger partial charge in [-0.25, -0.2) is 9.78 Å². The molecule has 45 heavy (non-hydrogen) atoms. The van der Waals surface area contributed by atoms with Gasteiger partial charge in [-0.1, -0.05) is 18.5 Å². The van der Waals surface area contributed by atoms with Gasteiger partial charge in [-0.15, -0.1) is 0 Å². The smallest absolute Gasteiger partial charge is 0.330 e. The number of nitrogens with zero attached hydrogens (tertiary/aromatic N) is 6. The molecule has 2 spiro atoms. The molecule has 1 saturated carbocycles. The van der Waals surface area contributed by atoms with E-state index in [1.807, 2.05) is 0 Å². The lowest BCUT2D eigenvalue weighted by molar-refractivity contribution is -0.231. The van der Waals surface area contributed by atoms with Gasteiger partial charge in [-0.3, -0.25) is 14.0 Å². The monoisotopic (exact) mass is 622 g/mol. The quantitative estimate of drug-likeness (QED) is 0.411. The van der Waals surface area contributed by atoms with Crippen molar-refractivity contribution in [2.45, 2.75) is 107 Å². The zero-order valence-electron chi connectivity index (χ0n) is 27.0. The van der Waals surface area contributed by atoms with Crippen LogP contribution >= 0.6 is 0 Å². The second-order valence-electron chi connectivity index (χ2n) is 14.2. The summed E-state index contributed by atoms with van der Waals surface area (Å²) in [4.78, 5) is 26.4. The number of aromatic nitrogens is 5. The summed E-state index contributed by atoms with van der Waals surface area (Å²) >= 11 is 0. The van der Waals surface area contributed by atoms with E-state index in [4.69, 9.17) is 38.6 Å². The second kappa shape index (κ2) is 11.2. The Hall–Kier alpha value is -2.80. The number of ether oxygens (including phenoxy) is 4. The molecular weight excluding hydrogens is 576 g/mol. The molecule has 5 atom stereocenters. The number of hydrogen-bond donors (Lipinski definition) is 0. The Bertz CT molecular complexity index is 1640. The molecule has 0 unspecified atom stereocenters. The summed E-state index contributed by atoms with van der Waals surface area (Å²) < 4.78 is 35.1. The predicted molar refractivity (Wildman–Crippen MR) is 165 cm³/mol. The molecule has 5 aliphatic rings. The Balaban J connectivity index is 1.28. The standard InChI is InChI=1S/C33H46N6O6/c1-20-17-22(19-41-18-20)39-29-25(38(4)31(39)40)30(44-21(2)24-10-8-14-37(24)3)35-28(34-29)26-23-9-7-12-32(27(23)36-45-26)11-5-6-13-33(32)42-15-16-43-33/h20-22,24H,5-19H2,1-4H3/t20-,21-,22+,24-,32-/m0/s1. The highest BCUT2D eigenvalue weighted by Gasteiger charge is 2.61. The minimum Gasteiger partial charge on any atom is -0.471 e. The highest BCUT2D eigenvalue weighted by molar-refractivity contribution is 5.80. The SMILES string of the molecule is C[C@@H]1COC[C@H](n2c(=O)n(C)c3c(O[C@@H](C)[C@@H]4CCCN4C)nc(-c4onc5c4CCC[C@@]54CCCCC45OCCO5)nc32)C1. The topological polar surface area (TPSA) is 119 Å². The predicted octanol–water partition coefficient (Wildman–Crippen LogP) is 4.14. The molecule has 0 bridgehead atoms. The van der Waals surface area contributed by atoms with Gasteiger partial charge in [-0.05, 0) is 77.8 Å². The summed E-state index contributed by atoms with van der Waals surface area (Å²) in [5.41, 5.74) is 2.59. The number of fused-ring (bicyclic) bond motifs is 4. The van der Waals surface area contributed by atoms with Crippen molar-refractivity contribution in [3.05, 3.63) is 21.7 Å². The van der Waals surface area contributed by atoms with Crippen LogP contribution in [-0.2, 0) is 33.1 Å². The first-order valence-electron chi connectivity index (χ1n) is 17.0. The molecule has 3 aliphatic heterocycles. The van der Waals surface area contributed by atoms with Crippen LogP contribution in [0.3, 0.4) is 0 Å². The molecule has 3 saturated heterocycles. The van der Waals surface area contributed by atoms with Gasteiger partial charge in [0.25, 0.3) is 0 Å². The number of hydrogen-bond acceptors (Lipinski definition) is 10. The van der Waals surface area contributed by atoms with E-state index in [0.717, 1.165) is 82.0 Å². The average Bonchev–Trinajstić information content (AvgIpc) is 3.82. The van der Waals surface area contributed by atoms with Crippen LogP contribution in [-0.4, -0.2) is 87.1 Å². The molecular formula is C33H46N6O6. The maximum absolute atomic E-state index is 13.9. The second-order valence-corrected chi connectivity index (χ2v) is 14.2. The van der Waals surface area contributed by atoms with Crippen LogP contribution in [0.5, 0.6) is 5.88 Å². The van der Waals surface area contributed by atoms with E-state index in [1.54, 1.807) is 16.2 Å². The van der Waals surface area contributed by atoms with Gasteiger partial charge >= 0.3 is 5.69 Å². The van der Waals surface area contributed by atoms with Crippen molar-refractivity contribution in [2.24, 2.45) is 13.0 Å². The molecule has 3 aromatic rings. The first kappa shape index (κ1) is 29.6. The first-order chi connectivity index (χ1) is 21.8. The Morgan fingerprint density at radius 2 is 1.82 bits per heavy atom. The molecule has 0 aromatic carbocycles. The van der Waals surface area contributed by atoms with Crippen molar-refractivity contribution in [3.8, 4) is 17.5 Å². The van der Waals surface area contributed by atoms with Crippen LogP contribution < -0.4 is 10.4 Å². The van der Waals surface area contributed by atoms with Crippen molar-refractivity contribution in [1.29, 1.82) is 0 Å². The third kappa shape index (κ3) is 4.53. The number of likely N-dealkylation sites (tertiary alicyclic amines) is 1. The number of aryl methyl sites for hydroxylation is 1. The van der Waals surface area contributed by atoms with E-state index in [2.05, 4.69) is 25.8 Å². The van der Waals surface area contributed by atoms with E-state index in [9.17, 15) is 4.79 Å². The lowest BCUT2D eigenvalue weighted by Crippen LogP contribution is -2.56. The molecule has 0 amide bonds. The highest BCUT2D eigenvalue weighted by atomic mass is 16.7. The van der Waals surface area contributed by atoms with Crippen molar-refractivity contribution in [3.63, 3.8) is 0 Å². The molecule has 8 rings (SSSR count). The van der Waals surface area contributed by atoms with Gasteiger partial charge in [0.15, 0.2) is 17.0 Å². The van der Waals surface area contributed by atoms with Crippen LogP contribution in [0.1, 0.15) is 88.9 Å². The minimum atomic E-state index is -0.659. The van der Waals surface area contributed by atoms with Gasteiger partial charge in [0, 0.05) is 31.7 Å². The zero-order chi connectivity index (χ0) is 30.9. The third-order valence-corrected chi connectivity index (χ3v) is 11.4. The molecule has 0 N–H and O–H groups in total. The van der Waals surface area contributed by atoms with E-state index in [1.165, 1.54) is 0 Å². The highest BCUT2D eigenvalue weighted by Crippen LogP contribution is 2.57. The number of likely N-dealkylation sites (N-methyl/N-ethyl adjacent to an activating group) is 1. The van der Waals surface area contributed by atoms with E-state index in [-0.39, 0.29) is 29.3 Å². The van der Waals surface area contributed by atoms with Crippen molar-refractivity contribution < 1.29 is 23.5 Å². The normalized spacial score (nSPS) is 30.8. The van der Waals surface area contributed by atoms with Crippen molar-refractivity contribution in [2.75, 3.05) is 40.0 Å². The molecule has 3 aromatic heterocycles. The molecule has 6 heterocycles. The number of imidazole rings is 1. The fraction of sp³-hybridized carbons (Fsp3) is 0.758. The van der Waals surface area contributed by atoms with E-state index < -0.39 is 5.79 Å². The summed E-state index contributed by atoms with van der Waals surface area (Å²) in [5.74, 6) is 1.03. The van der Waals surface area contributed by atoms with E-state index in [0.29, 0.717) is 61.0 Å². The molecule has 12 nitrogen and oxygen atoms in total. The lowest BCUT2D eigenvalue weighted by Gasteiger charge is -2.50. The van der Waals surface area contributed by atoms with Crippen LogP contribution in [0.2, 0.25) is 0 Å². The summed E-state index contributed by atoms with van der Waals surface area (Å²) in [6, 6.07) is 0.126. The van der Waals surface area contributed by atoms with Gasteiger partial charge in [0.1, 0.15) is 6.10 Å². The maximum atomic E-state index is 13.9. The summed E-state index contributed by atoms with van der Waals surface area (Å²) in [5, 5.41) is 4.76. The summed E-state index contributed by atoms with van der Waals surface area (Å²) in [7, 11) is 3.92. The first-order valence-corrected chi connectivity index (χ1v) is 17.0. The largest absolute Gasteiger partial charge is 0.471 e. The summed E-state index contributed by atoms with van der Waals surface area (Å²) in [6.45, 7) is 7.65. The van der Waals surface area contributed by atoms with Gasteiger partial charge < -0.3 is 23.5 Å². The van der Waals surface area contributed by atoms with Gasteiger partial charge in [0.05, 0.1) is 37.0 Å². The van der Waals surface area contributed by atoms with Gasteiger partial charge in [-0.2, -0.15) is 4.98 Å². The van der Waals surface area contributed by atoms with Crippen LogP contribution in [0.25, 0.3) is 22.7 Å². The summed E-state index contributed by atoms with van der Waals surface area (Å²) in [6.07, 6.45) is 9.60. The van der Waals surface area contributed by atoms with Crippen molar-refractivity contribution in [1.82, 2.24) is 29.2 Å². The third-order valence-electron chi connectivity index (χ3n) is 11.4. The fourth-order valence-electron chi connectivity index (χ4n) is 9.20. The molecule has 244 valence electrons. The van der Waals surface area contributed by atoms with E-state index >= 15 is 0 Å². The Morgan fingerprint density at radius 3 is 2.60 bits per heavy atom. The Morgan fingerprint density at radius 1 is 1.02 bits per heavy atom. The van der Waals surface area contributed by atoms with Crippen molar-refractivity contribution >= 4 is 11.2 Å². The molecule has 0 radical (unpaired) electrons. The molecule has 4 fully saturated rings. The maximum Gasteiger partial charge on any atom is 0.330 e. The molecule has 2 aliphatic carbocycles. The average molecular weight is 623 g/mol. The Kier molecular flexibility index (Phi) is 7.35. The van der Waals surface area contributed by atoms with Crippen LogP contribution in [0.4, 0.5) is 0 Å². The van der Waals surface area contributed by atoms with Crippen LogP contribution in [0.15, 0.2) is 9.32 Å². The Labute approximate surface area is 263 Å². The van der Waals surface area contributed by atoms with Gasteiger partial charge in [0.2, 0.25) is 17.5 Å². The fourth-order valence-corrected chi connectivity index (χ4v) is 9.20. The van der Waals surface area contributed by atoms with Crippen LogP contribution in [0, 0.1) is 5.92 Å². The number of rotatable bonds is 5. The minimum absolute atomic E-state index is 0.134. The molecule has 12 heteroatoms.